The van der Waals surface area contributed by atoms with Crippen LogP contribution in [0.3, 0.4) is 0 Å². The van der Waals surface area contributed by atoms with Crippen LogP contribution >= 0.6 is 0 Å². The highest BCUT2D eigenvalue weighted by Crippen LogP contribution is 2.18. The van der Waals surface area contributed by atoms with Crippen LogP contribution in [-0.4, -0.2) is 20.2 Å². The molecule has 0 aliphatic carbocycles. The van der Waals surface area contributed by atoms with Gasteiger partial charge in [-0.05, 0) is 23.8 Å². The fourth-order valence-corrected chi connectivity index (χ4v) is 1.91. The van der Waals surface area contributed by atoms with Crippen LogP contribution in [0.4, 0.5) is 5.69 Å². The first kappa shape index (κ1) is 13.9. The van der Waals surface area contributed by atoms with Crippen molar-refractivity contribution in [1.82, 2.24) is 0 Å². The van der Waals surface area contributed by atoms with Gasteiger partial charge in [-0.1, -0.05) is 24.3 Å². The number of benzene rings is 2. The van der Waals surface area contributed by atoms with E-state index in [4.69, 9.17) is 9.47 Å². The molecule has 0 aliphatic rings. The van der Waals surface area contributed by atoms with Crippen LogP contribution in [0.1, 0.15) is 15.9 Å². The predicted octanol–water partition coefficient (Wildman–Crippen LogP) is 3.09. The molecule has 2 rings (SSSR count). The maximum absolute atomic E-state index is 11.7. The molecule has 1 N–H and O–H groups in total. The number of nitrogens with one attached hydrogen (secondary N) is 1. The van der Waals surface area contributed by atoms with Crippen molar-refractivity contribution in [2.75, 3.05) is 19.5 Å². The lowest BCUT2D eigenvalue weighted by Gasteiger charge is -2.11. The minimum absolute atomic E-state index is 0.326. The molecule has 0 saturated heterocycles. The summed E-state index contributed by atoms with van der Waals surface area (Å²) in [5, 5.41) is 3.27. The Morgan fingerprint density at radius 3 is 2.65 bits per heavy atom. The summed E-state index contributed by atoms with van der Waals surface area (Å²) in [6.45, 7) is 0.540. The van der Waals surface area contributed by atoms with Crippen LogP contribution < -0.4 is 10.1 Å². The van der Waals surface area contributed by atoms with Crippen LogP contribution in [0.5, 0.6) is 5.75 Å². The highest BCUT2D eigenvalue weighted by Gasteiger charge is 2.10. The molecule has 0 atom stereocenters. The zero-order valence-corrected chi connectivity index (χ0v) is 11.6. The molecule has 0 radical (unpaired) electrons. The summed E-state index contributed by atoms with van der Waals surface area (Å²) in [4.78, 5) is 11.7. The lowest BCUT2D eigenvalue weighted by atomic mass is 10.1. The Balaban J connectivity index is 2.12. The third kappa shape index (κ3) is 3.29. The fraction of sp³-hybridized carbons (Fsp3) is 0.188. The highest BCUT2D eigenvalue weighted by molar-refractivity contribution is 5.91. The zero-order valence-electron chi connectivity index (χ0n) is 11.6. The van der Waals surface area contributed by atoms with E-state index < -0.39 is 0 Å². The number of esters is 1. The Hall–Kier alpha value is -2.49. The SMILES string of the molecule is COC(=O)c1ccccc1CNc1cccc(OC)c1. The molecule has 2 aromatic carbocycles. The van der Waals surface area contributed by atoms with Crippen molar-refractivity contribution < 1.29 is 14.3 Å². The summed E-state index contributed by atoms with van der Waals surface area (Å²) in [5.41, 5.74) is 2.40. The first-order chi connectivity index (χ1) is 9.74. The van der Waals surface area contributed by atoms with E-state index in [1.807, 2.05) is 42.5 Å². The molecule has 0 saturated carbocycles. The van der Waals surface area contributed by atoms with Crippen molar-refractivity contribution in [3.63, 3.8) is 0 Å². The van der Waals surface area contributed by atoms with Gasteiger partial charge >= 0.3 is 5.97 Å². The molecular weight excluding hydrogens is 254 g/mol. The summed E-state index contributed by atoms with van der Waals surface area (Å²) in [6.07, 6.45) is 0. The third-order valence-corrected chi connectivity index (χ3v) is 2.98. The van der Waals surface area contributed by atoms with Crippen molar-refractivity contribution >= 4 is 11.7 Å². The predicted molar refractivity (Wildman–Crippen MR) is 78.1 cm³/mol. The van der Waals surface area contributed by atoms with Gasteiger partial charge in [-0.15, -0.1) is 0 Å². The van der Waals surface area contributed by atoms with Gasteiger partial charge < -0.3 is 14.8 Å². The number of hydrogen-bond acceptors (Lipinski definition) is 4. The average Bonchev–Trinajstić information content (AvgIpc) is 2.52. The molecule has 0 fully saturated rings. The Labute approximate surface area is 118 Å². The van der Waals surface area contributed by atoms with Gasteiger partial charge in [-0.2, -0.15) is 0 Å². The van der Waals surface area contributed by atoms with Gasteiger partial charge in [-0.25, -0.2) is 4.79 Å². The van der Waals surface area contributed by atoms with E-state index in [1.165, 1.54) is 7.11 Å². The Bertz CT molecular complexity index is 596. The smallest absolute Gasteiger partial charge is 0.338 e. The Morgan fingerprint density at radius 2 is 1.90 bits per heavy atom. The normalized spacial score (nSPS) is 9.90. The Kier molecular flexibility index (Phi) is 4.60. The quantitative estimate of drug-likeness (QED) is 0.849. The summed E-state index contributed by atoms with van der Waals surface area (Å²) in [7, 11) is 3.01. The molecule has 2 aromatic rings. The molecule has 20 heavy (non-hydrogen) atoms. The van der Waals surface area contributed by atoms with Crippen molar-refractivity contribution in [3.8, 4) is 5.75 Å². The molecule has 4 nitrogen and oxygen atoms in total. The number of anilines is 1. The molecule has 104 valence electrons. The van der Waals surface area contributed by atoms with Gasteiger partial charge in [0.1, 0.15) is 5.75 Å². The molecular formula is C16H17NO3. The van der Waals surface area contributed by atoms with Crippen LogP contribution in [0, 0.1) is 0 Å². The Morgan fingerprint density at radius 1 is 1.10 bits per heavy atom. The lowest BCUT2D eigenvalue weighted by molar-refractivity contribution is 0.0599. The first-order valence-corrected chi connectivity index (χ1v) is 6.28. The monoisotopic (exact) mass is 271 g/mol. The number of carbonyl (C=O) groups excluding carboxylic acids is 1. The number of carbonyl (C=O) groups is 1. The second kappa shape index (κ2) is 6.61. The molecule has 0 bridgehead atoms. The van der Waals surface area contributed by atoms with Gasteiger partial charge in [0.05, 0.1) is 19.8 Å². The molecule has 0 heterocycles. The van der Waals surface area contributed by atoms with Gasteiger partial charge in [0.2, 0.25) is 0 Å². The minimum Gasteiger partial charge on any atom is -0.497 e. The maximum Gasteiger partial charge on any atom is 0.338 e. The van der Waals surface area contributed by atoms with Crippen molar-refractivity contribution in [2.24, 2.45) is 0 Å². The third-order valence-electron chi connectivity index (χ3n) is 2.98. The van der Waals surface area contributed by atoms with E-state index in [0.717, 1.165) is 17.0 Å². The van der Waals surface area contributed by atoms with E-state index >= 15 is 0 Å². The van der Waals surface area contributed by atoms with Crippen LogP contribution in [0.25, 0.3) is 0 Å². The largest absolute Gasteiger partial charge is 0.497 e. The molecule has 0 aromatic heterocycles. The first-order valence-electron chi connectivity index (χ1n) is 6.28. The summed E-state index contributed by atoms with van der Waals surface area (Å²) in [5.74, 6) is 0.462. The number of ether oxygens (including phenoxy) is 2. The minimum atomic E-state index is -0.326. The van der Waals surface area contributed by atoms with E-state index in [0.29, 0.717) is 12.1 Å². The van der Waals surface area contributed by atoms with Crippen LogP contribution in [-0.2, 0) is 11.3 Å². The van der Waals surface area contributed by atoms with Crippen molar-refractivity contribution in [3.05, 3.63) is 59.7 Å². The highest BCUT2D eigenvalue weighted by atomic mass is 16.5. The maximum atomic E-state index is 11.7. The average molecular weight is 271 g/mol. The van der Waals surface area contributed by atoms with Gasteiger partial charge in [0.25, 0.3) is 0 Å². The van der Waals surface area contributed by atoms with Crippen LogP contribution in [0.2, 0.25) is 0 Å². The molecule has 0 amide bonds. The van der Waals surface area contributed by atoms with E-state index in [1.54, 1.807) is 13.2 Å². The molecule has 0 spiro atoms. The van der Waals surface area contributed by atoms with Crippen molar-refractivity contribution in [2.45, 2.75) is 6.54 Å². The number of hydrogen-bond donors (Lipinski definition) is 1. The second-order valence-electron chi connectivity index (χ2n) is 4.23. The summed E-state index contributed by atoms with van der Waals surface area (Å²) in [6, 6.07) is 15.0. The van der Waals surface area contributed by atoms with Gasteiger partial charge in [-0.3, -0.25) is 0 Å². The van der Waals surface area contributed by atoms with Crippen molar-refractivity contribution in [1.29, 1.82) is 0 Å². The number of rotatable bonds is 5. The lowest BCUT2D eigenvalue weighted by Crippen LogP contribution is -2.09. The second-order valence-corrected chi connectivity index (χ2v) is 4.23. The standard InChI is InChI=1S/C16H17NO3/c1-19-14-8-5-7-13(10-14)17-11-12-6-3-4-9-15(12)16(18)20-2/h3-10,17H,11H2,1-2H3. The topological polar surface area (TPSA) is 47.6 Å². The summed E-state index contributed by atoms with van der Waals surface area (Å²) >= 11 is 0. The fourth-order valence-electron chi connectivity index (χ4n) is 1.91. The number of methoxy groups -OCH3 is 2. The van der Waals surface area contributed by atoms with Crippen LogP contribution in [0.15, 0.2) is 48.5 Å². The molecule has 0 unspecified atom stereocenters. The molecule has 0 aliphatic heterocycles. The molecule has 4 heteroatoms. The van der Waals surface area contributed by atoms with Gasteiger partial charge in [0, 0.05) is 18.3 Å². The summed E-state index contributed by atoms with van der Waals surface area (Å²) < 4.78 is 9.95. The zero-order chi connectivity index (χ0) is 14.4. The van der Waals surface area contributed by atoms with E-state index in [-0.39, 0.29) is 5.97 Å². The van der Waals surface area contributed by atoms with Gasteiger partial charge in [0.15, 0.2) is 0 Å². The van der Waals surface area contributed by atoms with E-state index in [2.05, 4.69) is 5.32 Å². The van der Waals surface area contributed by atoms with E-state index in [9.17, 15) is 4.79 Å².